The lowest BCUT2D eigenvalue weighted by Crippen LogP contribution is -2.52. The van der Waals surface area contributed by atoms with Crippen LogP contribution in [0.5, 0.6) is 0 Å². The highest BCUT2D eigenvalue weighted by Gasteiger charge is 2.27. The number of carbonyl (C=O) groups is 1. The quantitative estimate of drug-likeness (QED) is 0.792. The third kappa shape index (κ3) is 5.58. The molecule has 25 heavy (non-hydrogen) atoms. The first-order valence-corrected chi connectivity index (χ1v) is 8.43. The molecule has 0 spiro atoms. The molecular weight excluding hydrogens is 336 g/mol. The summed E-state index contributed by atoms with van der Waals surface area (Å²) in [4.78, 5) is 12.7. The van der Waals surface area contributed by atoms with E-state index in [0.717, 1.165) is 17.7 Å². The van der Waals surface area contributed by atoms with Crippen molar-refractivity contribution in [2.24, 2.45) is 11.7 Å². The summed E-state index contributed by atoms with van der Waals surface area (Å²) in [5.74, 6) is 0.348. The van der Waals surface area contributed by atoms with Crippen molar-refractivity contribution in [3.05, 3.63) is 53.3 Å². The SMILES string of the molecule is Cc1c(C(=O)NC(C)(CN)CC(C)C)cnn1Cc1ccccc1.Cl. The van der Waals surface area contributed by atoms with Crippen LogP contribution in [-0.4, -0.2) is 27.8 Å². The molecule has 2 rings (SSSR count). The van der Waals surface area contributed by atoms with E-state index < -0.39 is 5.54 Å². The van der Waals surface area contributed by atoms with E-state index in [1.807, 2.05) is 36.7 Å². The van der Waals surface area contributed by atoms with Gasteiger partial charge in [-0.15, -0.1) is 12.4 Å². The largest absolute Gasteiger partial charge is 0.345 e. The Morgan fingerprint density at radius 2 is 1.96 bits per heavy atom. The second-order valence-electron chi connectivity index (χ2n) is 7.10. The number of hydrogen-bond donors (Lipinski definition) is 2. The van der Waals surface area contributed by atoms with Crippen molar-refractivity contribution in [1.29, 1.82) is 0 Å². The molecule has 0 aliphatic carbocycles. The van der Waals surface area contributed by atoms with Crippen LogP contribution in [0.15, 0.2) is 36.5 Å². The minimum absolute atomic E-state index is 0. The Hall–Kier alpha value is -1.85. The smallest absolute Gasteiger partial charge is 0.255 e. The minimum atomic E-state index is -0.404. The van der Waals surface area contributed by atoms with E-state index in [2.05, 4.69) is 36.4 Å². The number of amides is 1. The van der Waals surface area contributed by atoms with Crippen molar-refractivity contribution >= 4 is 18.3 Å². The summed E-state index contributed by atoms with van der Waals surface area (Å²) in [7, 11) is 0. The molecule has 1 unspecified atom stereocenters. The van der Waals surface area contributed by atoms with Crippen LogP contribution in [-0.2, 0) is 6.54 Å². The molecule has 6 heteroatoms. The first-order valence-electron chi connectivity index (χ1n) is 8.43. The Kier molecular flexibility index (Phi) is 7.64. The number of nitrogens with one attached hydrogen (secondary N) is 1. The fourth-order valence-corrected chi connectivity index (χ4v) is 3.01. The first-order chi connectivity index (χ1) is 11.3. The summed E-state index contributed by atoms with van der Waals surface area (Å²) in [6.45, 7) is 9.24. The number of nitrogens with zero attached hydrogens (tertiary/aromatic N) is 2. The number of aromatic nitrogens is 2. The first kappa shape index (κ1) is 21.2. The van der Waals surface area contributed by atoms with Crippen molar-refractivity contribution in [3.8, 4) is 0 Å². The van der Waals surface area contributed by atoms with Gasteiger partial charge in [0.1, 0.15) is 0 Å². The molecule has 1 aromatic carbocycles. The molecule has 138 valence electrons. The predicted molar refractivity (Wildman–Crippen MR) is 104 cm³/mol. The van der Waals surface area contributed by atoms with Gasteiger partial charge in [-0.05, 0) is 31.7 Å². The van der Waals surface area contributed by atoms with Crippen molar-refractivity contribution in [3.63, 3.8) is 0 Å². The lowest BCUT2D eigenvalue weighted by atomic mass is 9.90. The van der Waals surface area contributed by atoms with E-state index in [1.165, 1.54) is 0 Å². The predicted octanol–water partition coefficient (Wildman–Crippen LogP) is 3.15. The van der Waals surface area contributed by atoms with Gasteiger partial charge < -0.3 is 11.1 Å². The number of hydrogen-bond acceptors (Lipinski definition) is 3. The average molecular weight is 365 g/mol. The molecule has 0 saturated carbocycles. The molecule has 0 aliphatic rings. The monoisotopic (exact) mass is 364 g/mol. The minimum Gasteiger partial charge on any atom is -0.345 e. The summed E-state index contributed by atoms with van der Waals surface area (Å²) >= 11 is 0. The maximum absolute atomic E-state index is 12.7. The summed E-state index contributed by atoms with van der Waals surface area (Å²) in [6, 6.07) is 10.1. The lowest BCUT2D eigenvalue weighted by Gasteiger charge is -2.31. The Bertz CT molecular complexity index is 684. The zero-order valence-electron chi connectivity index (χ0n) is 15.5. The van der Waals surface area contributed by atoms with Crippen LogP contribution in [0.4, 0.5) is 0 Å². The van der Waals surface area contributed by atoms with Gasteiger partial charge in [-0.25, -0.2) is 0 Å². The molecule has 1 heterocycles. The van der Waals surface area contributed by atoms with E-state index in [0.29, 0.717) is 24.6 Å². The maximum atomic E-state index is 12.7. The van der Waals surface area contributed by atoms with E-state index >= 15 is 0 Å². The highest BCUT2D eigenvalue weighted by atomic mass is 35.5. The summed E-state index contributed by atoms with van der Waals surface area (Å²) in [5, 5.41) is 7.46. The molecule has 1 atom stereocenters. The van der Waals surface area contributed by atoms with E-state index in [9.17, 15) is 4.79 Å². The Morgan fingerprint density at radius 1 is 1.32 bits per heavy atom. The van der Waals surface area contributed by atoms with Crippen LogP contribution in [0.2, 0.25) is 0 Å². The molecule has 1 amide bonds. The van der Waals surface area contributed by atoms with Gasteiger partial charge in [-0.3, -0.25) is 9.48 Å². The van der Waals surface area contributed by atoms with Crippen LogP contribution in [0.25, 0.3) is 0 Å². The third-order valence-corrected chi connectivity index (χ3v) is 4.25. The molecule has 0 aliphatic heterocycles. The third-order valence-electron chi connectivity index (χ3n) is 4.25. The van der Waals surface area contributed by atoms with Crippen LogP contribution in [0.1, 0.15) is 48.8 Å². The van der Waals surface area contributed by atoms with Gasteiger partial charge >= 0.3 is 0 Å². The number of rotatable bonds is 7. The van der Waals surface area contributed by atoms with Crippen LogP contribution in [0, 0.1) is 12.8 Å². The Morgan fingerprint density at radius 3 is 2.52 bits per heavy atom. The topological polar surface area (TPSA) is 72.9 Å². The highest BCUT2D eigenvalue weighted by Crippen LogP contribution is 2.17. The number of nitrogens with two attached hydrogens (primary N) is 1. The van der Waals surface area contributed by atoms with Gasteiger partial charge in [0.2, 0.25) is 0 Å². The molecule has 0 fully saturated rings. The van der Waals surface area contributed by atoms with Crippen LogP contribution < -0.4 is 11.1 Å². The summed E-state index contributed by atoms with van der Waals surface area (Å²) in [5.41, 5.74) is 8.11. The van der Waals surface area contributed by atoms with Gasteiger partial charge in [-0.1, -0.05) is 44.2 Å². The van der Waals surface area contributed by atoms with E-state index in [4.69, 9.17) is 5.73 Å². The van der Waals surface area contributed by atoms with Crippen molar-refractivity contribution < 1.29 is 4.79 Å². The number of carbonyl (C=O) groups excluding carboxylic acids is 1. The lowest BCUT2D eigenvalue weighted by molar-refractivity contribution is 0.0897. The number of benzene rings is 1. The van der Waals surface area contributed by atoms with Crippen molar-refractivity contribution in [2.75, 3.05) is 6.54 Å². The molecule has 0 bridgehead atoms. The van der Waals surface area contributed by atoms with Crippen LogP contribution >= 0.6 is 12.4 Å². The second-order valence-corrected chi connectivity index (χ2v) is 7.10. The molecular formula is C19H29ClN4O. The maximum Gasteiger partial charge on any atom is 0.255 e. The van der Waals surface area contributed by atoms with E-state index in [1.54, 1.807) is 6.20 Å². The summed E-state index contributed by atoms with van der Waals surface area (Å²) < 4.78 is 1.85. The molecule has 5 nitrogen and oxygen atoms in total. The molecule has 0 saturated heterocycles. The Labute approximate surface area is 156 Å². The molecule has 1 aromatic heterocycles. The van der Waals surface area contributed by atoms with Gasteiger partial charge in [-0.2, -0.15) is 5.10 Å². The zero-order chi connectivity index (χ0) is 17.7. The Balaban J connectivity index is 0.00000312. The average Bonchev–Trinajstić information content (AvgIpc) is 2.88. The zero-order valence-corrected chi connectivity index (χ0v) is 16.3. The van der Waals surface area contributed by atoms with Crippen LogP contribution in [0.3, 0.4) is 0 Å². The van der Waals surface area contributed by atoms with Gasteiger partial charge in [0.05, 0.1) is 18.3 Å². The second kappa shape index (κ2) is 9.02. The van der Waals surface area contributed by atoms with Gasteiger partial charge in [0, 0.05) is 17.8 Å². The molecule has 3 N–H and O–H groups in total. The highest BCUT2D eigenvalue weighted by molar-refractivity contribution is 5.95. The fourth-order valence-electron chi connectivity index (χ4n) is 3.01. The standard InChI is InChI=1S/C19H28N4O.ClH/c1-14(2)10-19(4,13-20)22-18(24)17-11-21-23(15(17)3)12-16-8-6-5-7-9-16;/h5-9,11,14H,10,12-13,20H2,1-4H3,(H,22,24);1H. The normalized spacial score (nSPS) is 13.2. The molecule has 0 radical (unpaired) electrons. The number of halogens is 1. The fraction of sp³-hybridized carbons (Fsp3) is 0.474. The molecule has 2 aromatic rings. The van der Waals surface area contributed by atoms with Crippen molar-refractivity contribution in [1.82, 2.24) is 15.1 Å². The van der Waals surface area contributed by atoms with E-state index in [-0.39, 0.29) is 18.3 Å². The van der Waals surface area contributed by atoms with Gasteiger partial charge in [0.15, 0.2) is 0 Å². The van der Waals surface area contributed by atoms with Gasteiger partial charge in [0.25, 0.3) is 5.91 Å². The summed E-state index contributed by atoms with van der Waals surface area (Å²) in [6.07, 6.45) is 2.48. The van der Waals surface area contributed by atoms with Crippen molar-refractivity contribution in [2.45, 2.75) is 46.2 Å².